The zero-order valence-corrected chi connectivity index (χ0v) is 8.61. The molecule has 0 aliphatic carbocycles. The average molecular weight is 203 g/mol. The normalized spacial score (nSPS) is 17.2. The summed E-state index contributed by atoms with van der Waals surface area (Å²) in [6, 6.07) is 0. The molecule has 1 fully saturated rings. The summed E-state index contributed by atoms with van der Waals surface area (Å²) in [6.45, 7) is 4.92. The zero-order valence-electron chi connectivity index (χ0n) is 7.79. The number of hydrogen-bond donors (Lipinski definition) is 2. The van der Waals surface area contributed by atoms with Gasteiger partial charge in [0.1, 0.15) is 0 Å². The highest BCUT2D eigenvalue weighted by Gasteiger charge is 2.12. The Kier molecular flexibility index (Phi) is 5.03. The number of nitrogens with zero attached hydrogens (tertiary/aromatic N) is 1. The molecule has 0 bridgehead atoms. The van der Waals surface area contributed by atoms with E-state index in [4.69, 9.17) is 22.7 Å². The number of thiocarbonyl (C=S) groups is 1. The highest BCUT2D eigenvalue weighted by Crippen LogP contribution is 1.96. The summed E-state index contributed by atoms with van der Waals surface area (Å²) < 4.78 is 5.23. The topological polar surface area (TPSA) is 50.5 Å². The summed E-state index contributed by atoms with van der Waals surface area (Å²) in [5.74, 6) is 0. The van der Waals surface area contributed by atoms with Gasteiger partial charge in [0.2, 0.25) is 0 Å². The van der Waals surface area contributed by atoms with Crippen molar-refractivity contribution in [2.24, 2.45) is 5.73 Å². The lowest BCUT2D eigenvalue weighted by atomic mass is 10.4. The van der Waals surface area contributed by atoms with Crippen molar-refractivity contribution in [1.29, 1.82) is 0 Å². The fourth-order valence-corrected chi connectivity index (χ4v) is 1.46. The van der Waals surface area contributed by atoms with E-state index in [-0.39, 0.29) is 0 Å². The van der Waals surface area contributed by atoms with Crippen molar-refractivity contribution in [3.63, 3.8) is 0 Å². The van der Waals surface area contributed by atoms with E-state index in [2.05, 4.69) is 10.2 Å². The van der Waals surface area contributed by atoms with Gasteiger partial charge >= 0.3 is 0 Å². The summed E-state index contributed by atoms with van der Waals surface area (Å²) in [7, 11) is 0. The summed E-state index contributed by atoms with van der Waals surface area (Å²) in [5.41, 5.74) is 5.38. The summed E-state index contributed by atoms with van der Waals surface area (Å²) in [6.07, 6.45) is 0.963. The second kappa shape index (κ2) is 6.12. The highest BCUT2D eigenvalue weighted by molar-refractivity contribution is 7.80. The molecule has 0 aromatic carbocycles. The second-order valence-corrected chi connectivity index (χ2v) is 3.36. The summed E-state index contributed by atoms with van der Waals surface area (Å²) in [5, 5.41) is 4.01. The van der Waals surface area contributed by atoms with Gasteiger partial charge in [0.05, 0.1) is 13.2 Å². The molecular weight excluding hydrogens is 186 g/mol. The number of ether oxygens (including phenoxy) is 1. The van der Waals surface area contributed by atoms with Crippen molar-refractivity contribution in [1.82, 2.24) is 10.2 Å². The number of morpholine rings is 1. The molecule has 4 nitrogen and oxygen atoms in total. The lowest BCUT2D eigenvalue weighted by Gasteiger charge is -2.29. The first kappa shape index (κ1) is 10.7. The molecular formula is C8H17N3OS. The van der Waals surface area contributed by atoms with Crippen LogP contribution < -0.4 is 11.1 Å². The lowest BCUT2D eigenvalue weighted by molar-refractivity contribution is 0.0677. The largest absolute Gasteiger partial charge is 0.378 e. The third kappa shape index (κ3) is 3.89. The van der Waals surface area contributed by atoms with E-state index in [0.29, 0.717) is 6.54 Å². The van der Waals surface area contributed by atoms with Crippen LogP contribution in [0.4, 0.5) is 0 Å². The predicted molar refractivity (Wildman–Crippen MR) is 56.7 cm³/mol. The predicted octanol–water partition coefficient (Wildman–Crippen LogP) is -0.458. The van der Waals surface area contributed by atoms with Crippen LogP contribution in [-0.4, -0.2) is 49.4 Å². The van der Waals surface area contributed by atoms with Gasteiger partial charge in [-0.25, -0.2) is 0 Å². The highest BCUT2D eigenvalue weighted by atomic mass is 32.1. The molecule has 1 aliphatic heterocycles. The number of nitrogens with two attached hydrogens (primary N) is 1. The van der Waals surface area contributed by atoms with Crippen molar-refractivity contribution in [3.05, 3.63) is 0 Å². The monoisotopic (exact) mass is 203 g/mol. The van der Waals surface area contributed by atoms with Crippen molar-refractivity contribution in [2.45, 2.75) is 6.42 Å². The molecule has 76 valence electrons. The number of hydrogen-bond acceptors (Lipinski definition) is 3. The van der Waals surface area contributed by atoms with Crippen LogP contribution in [0.3, 0.4) is 0 Å². The van der Waals surface area contributed by atoms with Gasteiger partial charge < -0.3 is 20.7 Å². The molecule has 0 spiro atoms. The smallest absolute Gasteiger partial charge is 0.169 e. The zero-order chi connectivity index (χ0) is 9.52. The standard InChI is InChI=1S/C8H17N3OS/c9-2-1-3-10-8(13)11-4-6-12-7-5-11/h1-7,9H2,(H,10,13). The van der Waals surface area contributed by atoms with E-state index in [1.165, 1.54) is 0 Å². The maximum absolute atomic E-state index is 5.38. The fraction of sp³-hybridized carbons (Fsp3) is 0.875. The van der Waals surface area contributed by atoms with Gasteiger partial charge in [-0.15, -0.1) is 0 Å². The van der Waals surface area contributed by atoms with Crippen molar-refractivity contribution >= 4 is 17.3 Å². The maximum atomic E-state index is 5.38. The van der Waals surface area contributed by atoms with Crippen LogP contribution in [0.5, 0.6) is 0 Å². The van der Waals surface area contributed by atoms with E-state index < -0.39 is 0 Å². The minimum absolute atomic E-state index is 0.707. The number of nitrogens with one attached hydrogen (secondary N) is 1. The summed E-state index contributed by atoms with van der Waals surface area (Å²) in [4.78, 5) is 2.13. The molecule has 0 atom stereocenters. The Bertz CT molecular complexity index is 159. The maximum Gasteiger partial charge on any atom is 0.169 e. The molecule has 1 rings (SSSR count). The Balaban J connectivity index is 2.13. The van der Waals surface area contributed by atoms with Gasteiger partial charge in [-0.2, -0.15) is 0 Å². The van der Waals surface area contributed by atoms with Crippen LogP contribution in [-0.2, 0) is 4.74 Å². The third-order valence-electron chi connectivity index (χ3n) is 1.96. The molecule has 5 heteroatoms. The van der Waals surface area contributed by atoms with Crippen molar-refractivity contribution in [3.8, 4) is 0 Å². The molecule has 0 amide bonds. The molecule has 0 unspecified atom stereocenters. The minimum atomic E-state index is 0.707. The van der Waals surface area contributed by atoms with Crippen LogP contribution in [0.15, 0.2) is 0 Å². The fourth-order valence-electron chi connectivity index (χ4n) is 1.18. The molecule has 0 radical (unpaired) electrons. The second-order valence-electron chi connectivity index (χ2n) is 2.97. The molecule has 13 heavy (non-hydrogen) atoms. The minimum Gasteiger partial charge on any atom is -0.378 e. The first-order valence-corrected chi connectivity index (χ1v) is 5.06. The van der Waals surface area contributed by atoms with Crippen LogP contribution in [0.25, 0.3) is 0 Å². The Hall–Kier alpha value is -0.390. The first-order valence-electron chi connectivity index (χ1n) is 4.65. The molecule has 1 heterocycles. The lowest BCUT2D eigenvalue weighted by Crippen LogP contribution is -2.46. The molecule has 0 aromatic heterocycles. The van der Waals surface area contributed by atoms with Gasteiger partial charge in [0, 0.05) is 19.6 Å². The first-order chi connectivity index (χ1) is 6.34. The van der Waals surface area contributed by atoms with Crippen molar-refractivity contribution in [2.75, 3.05) is 39.4 Å². The van der Waals surface area contributed by atoms with Crippen LogP contribution in [0.2, 0.25) is 0 Å². The van der Waals surface area contributed by atoms with Gasteiger partial charge in [-0.05, 0) is 25.2 Å². The molecule has 0 aromatic rings. The van der Waals surface area contributed by atoms with Gasteiger partial charge in [-0.3, -0.25) is 0 Å². The Morgan fingerprint density at radius 2 is 2.15 bits per heavy atom. The third-order valence-corrected chi connectivity index (χ3v) is 2.36. The van der Waals surface area contributed by atoms with E-state index >= 15 is 0 Å². The molecule has 3 N–H and O–H groups in total. The number of rotatable bonds is 3. The van der Waals surface area contributed by atoms with Crippen LogP contribution in [0, 0.1) is 0 Å². The summed E-state index contributed by atoms with van der Waals surface area (Å²) >= 11 is 5.21. The average Bonchev–Trinajstić information content (AvgIpc) is 2.19. The Labute approximate surface area is 84.4 Å². The Morgan fingerprint density at radius 3 is 2.77 bits per heavy atom. The quantitative estimate of drug-likeness (QED) is 0.480. The van der Waals surface area contributed by atoms with E-state index in [0.717, 1.165) is 44.4 Å². The van der Waals surface area contributed by atoms with Crippen molar-refractivity contribution < 1.29 is 4.74 Å². The molecule has 1 aliphatic rings. The van der Waals surface area contributed by atoms with E-state index in [1.54, 1.807) is 0 Å². The van der Waals surface area contributed by atoms with E-state index in [9.17, 15) is 0 Å². The molecule has 0 saturated carbocycles. The SMILES string of the molecule is NCCCNC(=S)N1CCOCC1. The molecule has 1 saturated heterocycles. The van der Waals surface area contributed by atoms with E-state index in [1.807, 2.05) is 0 Å². The van der Waals surface area contributed by atoms with Crippen LogP contribution in [0.1, 0.15) is 6.42 Å². The van der Waals surface area contributed by atoms with Gasteiger partial charge in [0.25, 0.3) is 0 Å². The Morgan fingerprint density at radius 1 is 1.46 bits per heavy atom. The van der Waals surface area contributed by atoms with Gasteiger partial charge in [0.15, 0.2) is 5.11 Å². The van der Waals surface area contributed by atoms with Gasteiger partial charge in [-0.1, -0.05) is 0 Å². The van der Waals surface area contributed by atoms with Crippen LogP contribution >= 0.6 is 12.2 Å².